The van der Waals surface area contributed by atoms with Gasteiger partial charge in [0.2, 0.25) is 11.8 Å². The lowest BCUT2D eigenvalue weighted by Crippen LogP contribution is -2.17. The second-order valence-corrected chi connectivity index (χ2v) is 5.64. The first-order chi connectivity index (χ1) is 12.1. The molecule has 3 rings (SSSR count). The summed E-state index contributed by atoms with van der Waals surface area (Å²) < 4.78 is 5.57. The molecule has 0 aliphatic carbocycles. The number of benzene rings is 1. The van der Waals surface area contributed by atoms with Crippen LogP contribution < -0.4 is 10.1 Å². The first kappa shape index (κ1) is 16.6. The number of pyridine rings is 1. The normalized spacial score (nSPS) is 10.5. The fourth-order valence-electron chi connectivity index (χ4n) is 2.22. The third-order valence-corrected chi connectivity index (χ3v) is 3.35. The van der Waals surface area contributed by atoms with Gasteiger partial charge in [-0.1, -0.05) is 30.3 Å². The number of hydrogen-bond donors (Lipinski definition) is 1. The molecule has 6 heteroatoms. The van der Waals surface area contributed by atoms with E-state index in [0.717, 1.165) is 11.1 Å². The highest BCUT2D eigenvalue weighted by molar-refractivity contribution is 6.04. The summed E-state index contributed by atoms with van der Waals surface area (Å²) in [5, 5.41) is 2.67. The van der Waals surface area contributed by atoms with Crippen molar-refractivity contribution < 1.29 is 9.53 Å². The lowest BCUT2D eigenvalue weighted by atomic mass is 10.1. The highest BCUT2D eigenvalue weighted by Crippen LogP contribution is 2.19. The van der Waals surface area contributed by atoms with Crippen LogP contribution in [-0.2, 0) is 0 Å². The van der Waals surface area contributed by atoms with Crippen molar-refractivity contribution in [2.45, 2.75) is 20.0 Å². The zero-order valence-corrected chi connectivity index (χ0v) is 14.0. The van der Waals surface area contributed by atoms with Crippen LogP contribution in [-0.4, -0.2) is 27.0 Å². The average molecular weight is 334 g/mol. The van der Waals surface area contributed by atoms with Crippen molar-refractivity contribution in [3.63, 3.8) is 0 Å². The predicted molar refractivity (Wildman–Crippen MR) is 95.4 cm³/mol. The Kier molecular flexibility index (Phi) is 4.99. The third kappa shape index (κ3) is 4.17. The summed E-state index contributed by atoms with van der Waals surface area (Å²) in [5.74, 6) is 0.149. The van der Waals surface area contributed by atoms with Gasteiger partial charge >= 0.3 is 0 Å². The first-order valence-electron chi connectivity index (χ1n) is 7.94. The zero-order valence-electron chi connectivity index (χ0n) is 14.0. The van der Waals surface area contributed by atoms with Crippen molar-refractivity contribution in [1.82, 2.24) is 15.0 Å². The number of hydrogen-bond acceptors (Lipinski definition) is 5. The average Bonchev–Trinajstić information content (AvgIpc) is 2.63. The molecule has 0 fully saturated rings. The molecule has 0 aliphatic rings. The van der Waals surface area contributed by atoms with E-state index in [-0.39, 0.29) is 23.8 Å². The van der Waals surface area contributed by atoms with Crippen molar-refractivity contribution in [2.24, 2.45) is 0 Å². The molecule has 3 aromatic rings. The molecular formula is C19H18N4O2. The zero-order chi connectivity index (χ0) is 17.6. The maximum atomic E-state index is 12.5. The highest BCUT2D eigenvalue weighted by atomic mass is 16.5. The number of amides is 1. The van der Waals surface area contributed by atoms with Crippen LogP contribution in [0.4, 0.5) is 5.95 Å². The molecule has 0 radical (unpaired) electrons. The Morgan fingerprint density at radius 2 is 1.68 bits per heavy atom. The Labute approximate surface area is 145 Å². The Bertz CT molecular complexity index is 849. The molecule has 0 saturated carbocycles. The van der Waals surface area contributed by atoms with Crippen molar-refractivity contribution >= 4 is 11.9 Å². The van der Waals surface area contributed by atoms with Crippen LogP contribution in [0.2, 0.25) is 0 Å². The maximum absolute atomic E-state index is 12.5. The van der Waals surface area contributed by atoms with Gasteiger partial charge in [-0.25, -0.2) is 15.0 Å². The topological polar surface area (TPSA) is 77.0 Å². The molecular weight excluding hydrogens is 316 g/mol. The van der Waals surface area contributed by atoms with Gasteiger partial charge in [0.15, 0.2) is 0 Å². The molecule has 126 valence electrons. The number of carbonyl (C=O) groups is 1. The van der Waals surface area contributed by atoms with Crippen molar-refractivity contribution in [1.29, 1.82) is 0 Å². The lowest BCUT2D eigenvalue weighted by Gasteiger charge is -2.12. The van der Waals surface area contributed by atoms with E-state index in [4.69, 9.17) is 4.74 Å². The second kappa shape index (κ2) is 7.53. The minimum atomic E-state index is -0.365. The van der Waals surface area contributed by atoms with Crippen LogP contribution in [0.25, 0.3) is 11.1 Å². The Balaban J connectivity index is 1.76. The first-order valence-corrected chi connectivity index (χ1v) is 7.94. The molecule has 0 aliphatic heterocycles. The van der Waals surface area contributed by atoms with Crippen LogP contribution >= 0.6 is 0 Å². The summed E-state index contributed by atoms with van der Waals surface area (Å²) in [5.41, 5.74) is 2.23. The number of nitrogens with zero attached hydrogens (tertiary/aromatic N) is 3. The molecule has 6 nitrogen and oxygen atoms in total. The number of aromatic nitrogens is 3. The SMILES string of the molecule is CC(C)Oc1ncccc1C(=O)Nc1ncc(-c2ccccc2)cn1. The van der Waals surface area contributed by atoms with E-state index in [9.17, 15) is 4.79 Å². The van der Waals surface area contributed by atoms with Crippen LogP contribution in [0, 0.1) is 0 Å². The van der Waals surface area contributed by atoms with Crippen LogP contribution in [0.15, 0.2) is 61.1 Å². The van der Waals surface area contributed by atoms with Crippen molar-refractivity contribution in [3.8, 4) is 17.0 Å². The van der Waals surface area contributed by atoms with Crippen LogP contribution in [0.5, 0.6) is 5.88 Å². The summed E-state index contributed by atoms with van der Waals surface area (Å²) in [4.78, 5) is 25.0. The molecule has 0 unspecified atom stereocenters. The van der Waals surface area contributed by atoms with Gasteiger partial charge < -0.3 is 4.74 Å². The van der Waals surface area contributed by atoms with E-state index in [1.165, 1.54) is 0 Å². The molecule has 0 spiro atoms. The van der Waals surface area contributed by atoms with Crippen LogP contribution in [0.1, 0.15) is 24.2 Å². The minimum Gasteiger partial charge on any atom is -0.474 e. The fraction of sp³-hybridized carbons (Fsp3) is 0.158. The van der Waals surface area contributed by atoms with Gasteiger partial charge in [-0.15, -0.1) is 0 Å². The van der Waals surface area contributed by atoms with E-state index in [2.05, 4.69) is 20.3 Å². The van der Waals surface area contributed by atoms with Crippen molar-refractivity contribution in [3.05, 3.63) is 66.6 Å². The smallest absolute Gasteiger partial charge is 0.263 e. The standard InChI is InChI=1S/C19H18N4O2/c1-13(2)25-18-16(9-6-10-20-18)17(24)23-19-21-11-15(12-22-19)14-7-4-3-5-8-14/h3-13H,1-2H3,(H,21,22,23,24). The van der Waals surface area contributed by atoms with Gasteiger partial charge in [-0.2, -0.15) is 0 Å². The van der Waals surface area contributed by atoms with Gasteiger partial charge in [0.1, 0.15) is 5.56 Å². The molecule has 1 amide bonds. The molecule has 0 saturated heterocycles. The van der Waals surface area contributed by atoms with Gasteiger partial charge in [0.25, 0.3) is 5.91 Å². The summed E-state index contributed by atoms with van der Waals surface area (Å²) in [6.45, 7) is 3.75. The largest absolute Gasteiger partial charge is 0.474 e. The fourth-order valence-corrected chi connectivity index (χ4v) is 2.22. The quantitative estimate of drug-likeness (QED) is 0.772. The van der Waals surface area contributed by atoms with Gasteiger partial charge in [0.05, 0.1) is 6.10 Å². The van der Waals surface area contributed by atoms with E-state index in [0.29, 0.717) is 5.56 Å². The van der Waals surface area contributed by atoms with E-state index in [1.54, 1.807) is 30.7 Å². The molecule has 0 atom stereocenters. The number of anilines is 1. The second-order valence-electron chi connectivity index (χ2n) is 5.64. The van der Waals surface area contributed by atoms with Crippen molar-refractivity contribution in [2.75, 3.05) is 5.32 Å². The number of ether oxygens (including phenoxy) is 1. The summed E-state index contributed by atoms with van der Waals surface area (Å²) in [6.07, 6.45) is 4.85. The molecule has 2 aromatic heterocycles. The summed E-state index contributed by atoms with van der Waals surface area (Å²) >= 11 is 0. The summed E-state index contributed by atoms with van der Waals surface area (Å²) in [6, 6.07) is 13.1. The molecule has 25 heavy (non-hydrogen) atoms. The Morgan fingerprint density at radius 3 is 2.36 bits per heavy atom. The Hall–Kier alpha value is -3.28. The summed E-state index contributed by atoms with van der Waals surface area (Å²) in [7, 11) is 0. The third-order valence-electron chi connectivity index (χ3n) is 3.35. The lowest BCUT2D eigenvalue weighted by molar-refractivity contribution is 0.101. The maximum Gasteiger partial charge on any atom is 0.263 e. The monoisotopic (exact) mass is 334 g/mol. The number of nitrogens with one attached hydrogen (secondary N) is 1. The van der Waals surface area contributed by atoms with Gasteiger partial charge in [0, 0.05) is 24.2 Å². The van der Waals surface area contributed by atoms with Crippen LogP contribution in [0.3, 0.4) is 0 Å². The molecule has 0 bridgehead atoms. The minimum absolute atomic E-state index is 0.0807. The molecule has 1 aromatic carbocycles. The van der Waals surface area contributed by atoms with E-state index < -0.39 is 0 Å². The highest BCUT2D eigenvalue weighted by Gasteiger charge is 2.15. The van der Waals surface area contributed by atoms with Gasteiger partial charge in [-0.05, 0) is 31.5 Å². The van der Waals surface area contributed by atoms with E-state index in [1.807, 2.05) is 44.2 Å². The number of carbonyl (C=O) groups excluding carboxylic acids is 1. The predicted octanol–water partition coefficient (Wildman–Crippen LogP) is 3.58. The Morgan fingerprint density at radius 1 is 0.960 bits per heavy atom. The van der Waals surface area contributed by atoms with Gasteiger partial charge in [-0.3, -0.25) is 10.1 Å². The molecule has 1 N–H and O–H groups in total. The van der Waals surface area contributed by atoms with E-state index >= 15 is 0 Å². The number of rotatable bonds is 5. The molecule has 2 heterocycles.